The van der Waals surface area contributed by atoms with Crippen LogP contribution < -0.4 is 5.73 Å². The summed E-state index contributed by atoms with van der Waals surface area (Å²) >= 11 is 9.16. The molecule has 2 unspecified atom stereocenters. The van der Waals surface area contributed by atoms with Crippen LogP contribution in [-0.4, -0.2) is 26.0 Å². The Kier molecular flexibility index (Phi) is 3.93. The Morgan fingerprint density at radius 3 is 2.90 bits per heavy atom. The topological polar surface area (TPSA) is 80.5 Å². The molecule has 3 rings (SSSR count). The molecule has 0 bridgehead atoms. The summed E-state index contributed by atoms with van der Waals surface area (Å²) in [5, 5.41) is 0.938. The molecule has 20 heavy (non-hydrogen) atoms. The molecule has 0 aliphatic carbocycles. The van der Waals surface area contributed by atoms with E-state index in [2.05, 4.69) is 19.9 Å². The van der Waals surface area contributed by atoms with Crippen LogP contribution in [0.1, 0.15) is 17.1 Å². The summed E-state index contributed by atoms with van der Waals surface area (Å²) in [6.07, 6.45) is 3.14. The lowest BCUT2D eigenvalue weighted by Gasteiger charge is -2.18. The van der Waals surface area contributed by atoms with Crippen LogP contribution in [0.4, 0.5) is 0 Å². The van der Waals surface area contributed by atoms with E-state index >= 15 is 0 Å². The molecule has 3 heterocycles. The first-order valence-electron chi connectivity index (χ1n) is 5.96. The van der Waals surface area contributed by atoms with Gasteiger partial charge in [-0.05, 0) is 19.1 Å². The van der Waals surface area contributed by atoms with E-state index in [0.29, 0.717) is 5.65 Å². The second-order valence-electron chi connectivity index (χ2n) is 4.32. The molecule has 0 fully saturated rings. The third-order valence-corrected chi connectivity index (χ3v) is 5.71. The number of rotatable bonds is 4. The first-order valence-corrected chi connectivity index (χ1v) is 8.04. The maximum atomic E-state index is 6.12. The van der Waals surface area contributed by atoms with E-state index in [1.54, 1.807) is 29.4 Å². The maximum absolute atomic E-state index is 6.12. The molecule has 8 heteroatoms. The lowest BCUT2D eigenvalue weighted by molar-refractivity contribution is 0.729. The molecule has 0 saturated heterocycles. The Bertz CT molecular complexity index is 723. The Morgan fingerprint density at radius 2 is 2.20 bits per heavy atom. The highest BCUT2D eigenvalue weighted by molar-refractivity contribution is 7.99. The summed E-state index contributed by atoms with van der Waals surface area (Å²) in [6.45, 7) is 1.98. The van der Waals surface area contributed by atoms with Crippen LogP contribution in [0.25, 0.3) is 11.2 Å². The van der Waals surface area contributed by atoms with Gasteiger partial charge in [0.15, 0.2) is 5.65 Å². The molecule has 0 amide bonds. The van der Waals surface area contributed by atoms with Crippen molar-refractivity contribution in [1.29, 1.82) is 0 Å². The van der Waals surface area contributed by atoms with Crippen LogP contribution in [-0.2, 0) is 0 Å². The minimum Gasteiger partial charge on any atom is -0.341 e. The van der Waals surface area contributed by atoms with Gasteiger partial charge in [0.1, 0.15) is 16.9 Å². The van der Waals surface area contributed by atoms with E-state index in [9.17, 15) is 0 Å². The Labute approximate surface area is 129 Å². The number of aromatic amines is 1. The number of H-pyrrole nitrogens is 1. The van der Waals surface area contributed by atoms with Gasteiger partial charge in [0.25, 0.3) is 0 Å². The standard InChI is InChI=1S/C12H12ClN5S2/c1-6(14)10(7-2-3-8(13)19-7)20-12-9-11(16-4-15-9)17-5-18-12/h2-6,10H,14H2,1H3,(H,15,16,17,18). The smallest absolute Gasteiger partial charge is 0.181 e. The summed E-state index contributed by atoms with van der Waals surface area (Å²) in [7, 11) is 0. The summed E-state index contributed by atoms with van der Waals surface area (Å²) in [6, 6.07) is 3.88. The number of aromatic nitrogens is 4. The van der Waals surface area contributed by atoms with Crippen molar-refractivity contribution in [2.24, 2.45) is 5.73 Å². The van der Waals surface area contributed by atoms with E-state index in [0.717, 1.165) is 19.8 Å². The van der Waals surface area contributed by atoms with Gasteiger partial charge in [-0.3, -0.25) is 0 Å². The molecule has 0 aliphatic rings. The van der Waals surface area contributed by atoms with Crippen LogP contribution in [0.15, 0.2) is 29.8 Å². The molecular weight excluding hydrogens is 314 g/mol. The Morgan fingerprint density at radius 1 is 1.35 bits per heavy atom. The number of fused-ring (bicyclic) bond motifs is 1. The van der Waals surface area contributed by atoms with Gasteiger partial charge in [-0.25, -0.2) is 15.0 Å². The number of nitrogens with one attached hydrogen (secondary N) is 1. The lowest BCUT2D eigenvalue weighted by Crippen LogP contribution is -2.22. The van der Waals surface area contributed by atoms with Crippen LogP contribution in [0.3, 0.4) is 0 Å². The zero-order valence-corrected chi connectivity index (χ0v) is 13.0. The van der Waals surface area contributed by atoms with Gasteiger partial charge < -0.3 is 10.7 Å². The third-order valence-electron chi connectivity index (χ3n) is 2.78. The highest BCUT2D eigenvalue weighted by Gasteiger charge is 2.22. The minimum atomic E-state index is -0.0253. The largest absolute Gasteiger partial charge is 0.341 e. The summed E-state index contributed by atoms with van der Waals surface area (Å²) < 4.78 is 0.764. The zero-order valence-electron chi connectivity index (χ0n) is 10.6. The van der Waals surface area contributed by atoms with Crippen LogP contribution >= 0.6 is 34.7 Å². The van der Waals surface area contributed by atoms with Crippen molar-refractivity contribution in [2.45, 2.75) is 23.2 Å². The van der Waals surface area contributed by atoms with Crippen molar-refractivity contribution in [3.8, 4) is 0 Å². The molecule has 0 saturated carbocycles. The van der Waals surface area contributed by atoms with Gasteiger partial charge in [0.05, 0.1) is 15.9 Å². The molecule has 0 radical (unpaired) electrons. The first-order chi connectivity index (χ1) is 9.65. The van der Waals surface area contributed by atoms with Crippen molar-refractivity contribution in [3.05, 3.63) is 34.0 Å². The first kappa shape index (κ1) is 13.8. The average Bonchev–Trinajstić information content (AvgIpc) is 3.04. The molecular formula is C12H12ClN5S2. The quantitative estimate of drug-likeness (QED) is 0.568. The molecule has 2 atom stereocenters. The van der Waals surface area contributed by atoms with Crippen molar-refractivity contribution < 1.29 is 0 Å². The van der Waals surface area contributed by atoms with E-state index in [-0.39, 0.29) is 11.3 Å². The fraction of sp³-hybridized carbons (Fsp3) is 0.250. The van der Waals surface area contributed by atoms with Crippen molar-refractivity contribution in [2.75, 3.05) is 0 Å². The fourth-order valence-electron chi connectivity index (χ4n) is 1.86. The second-order valence-corrected chi connectivity index (χ2v) is 7.20. The van der Waals surface area contributed by atoms with E-state index in [4.69, 9.17) is 17.3 Å². The predicted molar refractivity (Wildman–Crippen MR) is 83.3 cm³/mol. The number of nitrogens with two attached hydrogens (primary N) is 1. The maximum Gasteiger partial charge on any atom is 0.181 e. The number of halogens is 1. The molecule has 0 aliphatic heterocycles. The monoisotopic (exact) mass is 325 g/mol. The summed E-state index contributed by atoms with van der Waals surface area (Å²) in [4.78, 5) is 16.8. The van der Waals surface area contributed by atoms with Gasteiger partial charge in [0.2, 0.25) is 0 Å². The lowest BCUT2D eigenvalue weighted by atomic mass is 10.2. The minimum absolute atomic E-state index is 0.0253. The number of hydrogen-bond acceptors (Lipinski definition) is 6. The van der Waals surface area contributed by atoms with Crippen LogP contribution in [0.5, 0.6) is 0 Å². The van der Waals surface area contributed by atoms with Crippen molar-refractivity contribution in [1.82, 2.24) is 19.9 Å². The van der Waals surface area contributed by atoms with Crippen molar-refractivity contribution >= 4 is 45.9 Å². The van der Waals surface area contributed by atoms with E-state index < -0.39 is 0 Å². The fourth-order valence-corrected chi connectivity index (χ4v) is 4.33. The van der Waals surface area contributed by atoms with Gasteiger partial charge in [-0.1, -0.05) is 23.4 Å². The number of thiophene rings is 1. The number of thioether (sulfide) groups is 1. The molecule has 3 aromatic rings. The Hall–Kier alpha value is -1.15. The number of imidazole rings is 1. The van der Waals surface area contributed by atoms with Gasteiger partial charge in [0, 0.05) is 10.9 Å². The highest BCUT2D eigenvalue weighted by Crippen LogP contribution is 2.41. The average molecular weight is 326 g/mol. The molecule has 0 spiro atoms. The summed E-state index contributed by atoms with van der Waals surface area (Å²) in [5.41, 5.74) is 7.62. The number of nitrogens with zero attached hydrogens (tertiary/aromatic N) is 3. The molecule has 3 aromatic heterocycles. The number of hydrogen-bond donors (Lipinski definition) is 2. The normalized spacial score (nSPS) is 14.6. The third kappa shape index (κ3) is 2.67. The zero-order chi connectivity index (χ0) is 14.1. The SMILES string of the molecule is CC(N)C(Sc1ncnc2nc[nH]c12)c1ccc(Cl)s1. The van der Waals surface area contributed by atoms with E-state index in [1.807, 2.05) is 19.1 Å². The molecule has 5 nitrogen and oxygen atoms in total. The van der Waals surface area contributed by atoms with Gasteiger partial charge >= 0.3 is 0 Å². The molecule has 3 N–H and O–H groups in total. The second kappa shape index (κ2) is 5.69. The highest BCUT2D eigenvalue weighted by atomic mass is 35.5. The van der Waals surface area contributed by atoms with Crippen LogP contribution in [0, 0.1) is 0 Å². The summed E-state index contributed by atoms with van der Waals surface area (Å²) in [5.74, 6) is 0. The predicted octanol–water partition coefficient (Wildman–Crippen LogP) is 3.25. The van der Waals surface area contributed by atoms with E-state index in [1.165, 1.54) is 6.33 Å². The molecule has 104 valence electrons. The molecule has 0 aromatic carbocycles. The van der Waals surface area contributed by atoms with Gasteiger partial charge in [-0.15, -0.1) is 11.3 Å². The van der Waals surface area contributed by atoms with Gasteiger partial charge in [-0.2, -0.15) is 0 Å². The Balaban J connectivity index is 1.96. The van der Waals surface area contributed by atoms with Crippen molar-refractivity contribution in [3.63, 3.8) is 0 Å². The van der Waals surface area contributed by atoms with Crippen LogP contribution in [0.2, 0.25) is 4.34 Å².